The minimum absolute atomic E-state index is 0.0387. The van der Waals surface area contributed by atoms with Crippen molar-refractivity contribution in [2.45, 2.75) is 65.2 Å². The van der Waals surface area contributed by atoms with Gasteiger partial charge in [0, 0.05) is 78.9 Å². The first-order valence-electron chi connectivity index (χ1n) is 21.7. The summed E-state index contributed by atoms with van der Waals surface area (Å²) in [5.41, 5.74) is 9.80. The van der Waals surface area contributed by atoms with E-state index in [1.165, 1.54) is 23.6 Å². The lowest BCUT2D eigenvalue weighted by Gasteiger charge is -2.10. The number of hydrazone groups is 2. The number of nitrogens with one attached hydrogen (secondary N) is 2. The molecule has 0 radical (unpaired) electrons. The van der Waals surface area contributed by atoms with E-state index in [1.54, 1.807) is 59.1 Å². The monoisotopic (exact) mass is 928 g/mol. The molecule has 0 atom stereocenters. The summed E-state index contributed by atoms with van der Waals surface area (Å²) >= 11 is 3.29. The van der Waals surface area contributed by atoms with Crippen molar-refractivity contribution in [3.63, 3.8) is 0 Å². The van der Waals surface area contributed by atoms with Gasteiger partial charge in [-0.3, -0.25) is 19.2 Å². The number of thiophene rings is 2. The normalized spacial score (nSPS) is 11.3. The second-order valence-corrected chi connectivity index (χ2v) is 16.4. The molecule has 0 aliphatic rings. The van der Waals surface area contributed by atoms with E-state index < -0.39 is 0 Å². The maximum absolute atomic E-state index is 12.6. The molecular formula is C52H56N4O8S2. The van der Waals surface area contributed by atoms with Gasteiger partial charge in [0.05, 0.1) is 38.9 Å². The third-order valence-corrected chi connectivity index (χ3v) is 12.0. The van der Waals surface area contributed by atoms with Gasteiger partial charge in [0.15, 0.2) is 34.6 Å². The predicted octanol–water partition coefficient (Wildman–Crippen LogP) is 11.5. The van der Waals surface area contributed by atoms with Crippen molar-refractivity contribution in [1.29, 1.82) is 0 Å². The molecule has 0 saturated heterocycles. The molecule has 2 heterocycles. The van der Waals surface area contributed by atoms with Gasteiger partial charge in [0.1, 0.15) is 0 Å². The van der Waals surface area contributed by atoms with Crippen LogP contribution in [0.4, 0.5) is 0 Å². The predicted molar refractivity (Wildman–Crippen MR) is 267 cm³/mol. The second kappa shape index (κ2) is 26.2. The molecule has 0 fully saturated rings. The van der Waals surface area contributed by atoms with Crippen LogP contribution in [0.25, 0.3) is 20.2 Å². The van der Waals surface area contributed by atoms with Gasteiger partial charge in [0.2, 0.25) is 11.8 Å². The third-order valence-electron chi connectivity index (χ3n) is 10.1. The molecule has 2 N–H and O–H groups in total. The number of ether oxygens (including phenoxy) is 4. The number of benzene rings is 4. The highest BCUT2D eigenvalue weighted by molar-refractivity contribution is 7.18. The molecule has 14 heteroatoms. The summed E-state index contributed by atoms with van der Waals surface area (Å²) in [5.74, 6) is 1.23. The molecule has 0 unspecified atom stereocenters. The van der Waals surface area contributed by atoms with Crippen LogP contribution in [0.1, 0.15) is 97.1 Å². The Labute approximate surface area is 394 Å². The number of amides is 2. The average molecular weight is 929 g/mol. The van der Waals surface area contributed by atoms with E-state index in [2.05, 4.69) is 69.2 Å². The van der Waals surface area contributed by atoms with Crippen LogP contribution < -0.4 is 29.8 Å². The van der Waals surface area contributed by atoms with Gasteiger partial charge in [-0.25, -0.2) is 10.9 Å². The fourth-order valence-electron chi connectivity index (χ4n) is 6.73. The van der Waals surface area contributed by atoms with Gasteiger partial charge in [-0.2, -0.15) is 10.2 Å². The highest BCUT2D eigenvalue weighted by atomic mass is 32.1. The number of carbonyl (C=O) groups is 4. The second-order valence-electron chi connectivity index (χ2n) is 14.6. The molecule has 2 aromatic heterocycles. The first-order valence-corrected chi connectivity index (χ1v) is 23.4. The van der Waals surface area contributed by atoms with E-state index in [1.807, 2.05) is 50.3 Å². The molecule has 344 valence electrons. The van der Waals surface area contributed by atoms with E-state index in [0.717, 1.165) is 46.2 Å². The number of allylic oxidation sites excluding steroid dienone is 2. The van der Waals surface area contributed by atoms with Gasteiger partial charge < -0.3 is 18.9 Å². The summed E-state index contributed by atoms with van der Waals surface area (Å²) in [6.45, 7) is 12.3. The average Bonchev–Trinajstić information content (AvgIpc) is 3.98. The first-order chi connectivity index (χ1) is 32.1. The Hall–Kier alpha value is -6.90. The number of hydrogen-bond acceptors (Lipinski definition) is 12. The summed E-state index contributed by atoms with van der Waals surface area (Å²) in [7, 11) is 3.05. The first kappa shape index (κ1) is 50.1. The smallest absolute Gasteiger partial charge is 0.240 e. The Morgan fingerprint density at radius 2 is 0.970 bits per heavy atom. The van der Waals surface area contributed by atoms with Crippen molar-refractivity contribution >= 4 is 77.7 Å². The van der Waals surface area contributed by atoms with Gasteiger partial charge in [-0.05, 0) is 88.1 Å². The Morgan fingerprint density at radius 1 is 0.561 bits per heavy atom. The van der Waals surface area contributed by atoms with Crippen LogP contribution in [0.5, 0.6) is 23.0 Å². The lowest BCUT2D eigenvalue weighted by molar-refractivity contribution is -0.121. The Kier molecular flexibility index (Phi) is 19.9. The van der Waals surface area contributed by atoms with Crippen molar-refractivity contribution in [1.82, 2.24) is 10.9 Å². The summed E-state index contributed by atoms with van der Waals surface area (Å²) in [5, 5.41) is 15.1. The summed E-state index contributed by atoms with van der Waals surface area (Å²) in [6, 6.07) is 26.3. The van der Waals surface area contributed by atoms with Crippen LogP contribution in [0.3, 0.4) is 0 Å². The quantitative estimate of drug-likeness (QED) is 0.0263. The molecule has 6 aromatic rings. The molecule has 0 bridgehead atoms. The van der Waals surface area contributed by atoms with E-state index >= 15 is 0 Å². The minimum atomic E-state index is -0.308. The number of nitrogens with zero attached hydrogens (tertiary/aromatic N) is 2. The SMILES string of the molecule is C=CCC/C(=N/NC(=O)CCC(=O)c1ccc(OCC)c(OC)c1)c1csc2ccccc12.C=CCC/C(=N\NC(=O)CCC(=O)c1ccc(OCC)c(OC)c1)c1csc2ccccc12. The fourth-order valence-corrected chi connectivity index (χ4v) is 8.67. The van der Waals surface area contributed by atoms with Crippen LogP contribution in [-0.4, -0.2) is 62.2 Å². The van der Waals surface area contributed by atoms with Crippen molar-refractivity contribution < 1.29 is 38.1 Å². The van der Waals surface area contributed by atoms with Crippen LogP contribution in [0, 0.1) is 0 Å². The summed E-state index contributed by atoms with van der Waals surface area (Å²) < 4.78 is 23.9. The van der Waals surface area contributed by atoms with Crippen molar-refractivity contribution in [2.24, 2.45) is 10.2 Å². The zero-order valence-electron chi connectivity index (χ0n) is 37.9. The Morgan fingerprint density at radius 3 is 1.35 bits per heavy atom. The maximum Gasteiger partial charge on any atom is 0.240 e. The van der Waals surface area contributed by atoms with Crippen molar-refractivity contribution in [3.8, 4) is 23.0 Å². The zero-order chi connectivity index (χ0) is 47.3. The van der Waals surface area contributed by atoms with E-state index in [0.29, 0.717) is 60.2 Å². The van der Waals surface area contributed by atoms with Crippen LogP contribution >= 0.6 is 22.7 Å². The highest BCUT2D eigenvalue weighted by Gasteiger charge is 2.17. The van der Waals surface area contributed by atoms with E-state index in [4.69, 9.17) is 18.9 Å². The van der Waals surface area contributed by atoms with Gasteiger partial charge >= 0.3 is 0 Å². The molecule has 0 spiro atoms. The molecule has 4 aromatic carbocycles. The fraction of sp³-hybridized carbons (Fsp3) is 0.269. The molecule has 66 heavy (non-hydrogen) atoms. The number of rotatable bonds is 24. The molecule has 6 rings (SSSR count). The highest BCUT2D eigenvalue weighted by Crippen LogP contribution is 2.31. The summed E-state index contributed by atoms with van der Waals surface area (Å²) in [4.78, 5) is 50.0. The van der Waals surface area contributed by atoms with Crippen molar-refractivity contribution in [2.75, 3.05) is 27.4 Å². The zero-order valence-corrected chi connectivity index (χ0v) is 39.5. The maximum atomic E-state index is 12.6. The number of carbonyl (C=O) groups excluding carboxylic acids is 4. The van der Waals surface area contributed by atoms with E-state index in [-0.39, 0.29) is 49.1 Å². The molecule has 2 amide bonds. The lowest BCUT2D eigenvalue weighted by atomic mass is 10.0. The number of ketones is 2. The number of hydrogen-bond donors (Lipinski definition) is 2. The van der Waals surface area contributed by atoms with Crippen LogP contribution in [-0.2, 0) is 9.59 Å². The van der Waals surface area contributed by atoms with Crippen molar-refractivity contribution in [3.05, 3.63) is 143 Å². The Balaban J connectivity index is 0.000000247. The lowest BCUT2D eigenvalue weighted by Crippen LogP contribution is -2.20. The topological polar surface area (TPSA) is 154 Å². The van der Waals surface area contributed by atoms with Gasteiger partial charge in [-0.15, -0.1) is 35.8 Å². The summed E-state index contributed by atoms with van der Waals surface area (Å²) in [6.07, 6.45) is 6.70. The standard InChI is InChI=1S/2C26H28N2O4S/c2*1-4-6-10-21(20-17-33-25-11-8-7-9-19(20)25)27-28-26(30)15-13-22(29)18-12-14-23(32-5-2)24(16-18)31-3/h2*4,7-9,11-12,14,16-17H,1,5-6,10,13,15H2,2-3H3,(H,28,30)/b27-21+;27-21-. The third kappa shape index (κ3) is 14.0. The van der Waals surface area contributed by atoms with Gasteiger partial charge in [-0.1, -0.05) is 48.6 Å². The molecule has 0 saturated carbocycles. The largest absolute Gasteiger partial charge is 0.493 e. The number of fused-ring (bicyclic) bond motifs is 2. The van der Waals surface area contributed by atoms with Crippen LogP contribution in [0.15, 0.2) is 131 Å². The number of methoxy groups -OCH3 is 2. The number of Topliss-reactive ketones (excluding diaryl/α,β-unsaturated/α-hetero) is 2. The molecular weight excluding hydrogens is 873 g/mol. The van der Waals surface area contributed by atoms with E-state index in [9.17, 15) is 19.2 Å². The van der Waals surface area contributed by atoms with Crippen LogP contribution in [0.2, 0.25) is 0 Å². The molecule has 0 aliphatic heterocycles. The van der Waals surface area contributed by atoms with Gasteiger partial charge in [0.25, 0.3) is 0 Å². The molecule has 0 aliphatic carbocycles. The minimum Gasteiger partial charge on any atom is -0.493 e. The Bertz CT molecular complexity index is 2520. The molecule has 12 nitrogen and oxygen atoms in total.